The lowest BCUT2D eigenvalue weighted by molar-refractivity contribution is -0.187. The predicted octanol–water partition coefficient (Wildman–Crippen LogP) is 4.11. The molecule has 2 fully saturated rings. The summed E-state index contributed by atoms with van der Waals surface area (Å²) in [5.41, 5.74) is 2.83. The molecular weight excluding hydrogens is 478 g/mol. The first-order valence-corrected chi connectivity index (χ1v) is 12.6. The van der Waals surface area contributed by atoms with Crippen molar-refractivity contribution in [3.63, 3.8) is 0 Å². The van der Waals surface area contributed by atoms with Gasteiger partial charge in [0.05, 0.1) is 19.0 Å². The summed E-state index contributed by atoms with van der Waals surface area (Å²) < 4.78 is 18.3. The number of nitrogens with zero attached hydrogens (tertiary/aromatic N) is 3. The van der Waals surface area contributed by atoms with E-state index in [-0.39, 0.29) is 25.2 Å². The second kappa shape index (κ2) is 9.75. The number of piperazine rings is 1. The van der Waals surface area contributed by atoms with Gasteiger partial charge in [-0.15, -0.1) is 0 Å². The molecule has 3 aromatic carbocycles. The number of anilines is 2. The van der Waals surface area contributed by atoms with Crippen molar-refractivity contribution in [1.82, 2.24) is 4.90 Å². The van der Waals surface area contributed by atoms with E-state index in [4.69, 9.17) is 25.8 Å². The molecule has 2 saturated heterocycles. The van der Waals surface area contributed by atoms with Gasteiger partial charge in [0.15, 0.2) is 0 Å². The Balaban J connectivity index is 1.13. The van der Waals surface area contributed by atoms with Gasteiger partial charge in [0.2, 0.25) is 0 Å². The van der Waals surface area contributed by atoms with Gasteiger partial charge in [-0.25, -0.2) is 0 Å². The lowest BCUT2D eigenvalue weighted by Gasteiger charge is -2.38. The van der Waals surface area contributed by atoms with Gasteiger partial charge in [0.1, 0.15) is 18.5 Å². The van der Waals surface area contributed by atoms with E-state index in [1.807, 2.05) is 42.5 Å². The summed E-state index contributed by atoms with van der Waals surface area (Å²) in [6.45, 7) is 4.61. The molecule has 3 aromatic rings. The molecule has 0 saturated carbocycles. The summed E-state index contributed by atoms with van der Waals surface area (Å²) in [7, 11) is 0. The normalized spacial score (nSPS) is 23.9. The van der Waals surface area contributed by atoms with E-state index in [1.54, 1.807) is 17.0 Å². The Morgan fingerprint density at radius 2 is 1.64 bits per heavy atom. The smallest absolute Gasteiger partial charge is 0.293 e. The fourth-order valence-corrected chi connectivity index (χ4v) is 5.21. The van der Waals surface area contributed by atoms with Gasteiger partial charge in [-0.3, -0.25) is 14.6 Å². The number of carbonyl (C=O) groups excluding carboxylic acids is 1. The molecule has 0 aliphatic carbocycles. The van der Waals surface area contributed by atoms with Gasteiger partial charge in [-0.1, -0.05) is 48.0 Å². The van der Waals surface area contributed by atoms with E-state index in [0.717, 1.165) is 37.4 Å². The predicted molar refractivity (Wildman–Crippen MR) is 138 cm³/mol. The van der Waals surface area contributed by atoms with E-state index < -0.39 is 5.79 Å². The van der Waals surface area contributed by atoms with Crippen molar-refractivity contribution in [1.29, 1.82) is 0 Å². The highest BCUT2D eigenvalue weighted by Crippen LogP contribution is 2.47. The van der Waals surface area contributed by atoms with Crippen LogP contribution in [0.2, 0.25) is 5.02 Å². The minimum atomic E-state index is -1.42. The number of hydrogen-bond acceptors (Lipinski definition) is 6. The third-order valence-electron chi connectivity index (χ3n) is 6.97. The Hall–Kier alpha value is -3.10. The molecule has 2 unspecified atom stereocenters. The molecule has 7 nitrogen and oxygen atoms in total. The molecule has 36 heavy (non-hydrogen) atoms. The molecule has 6 rings (SSSR count). The van der Waals surface area contributed by atoms with Crippen LogP contribution in [0.3, 0.4) is 0 Å². The summed E-state index contributed by atoms with van der Waals surface area (Å²) in [4.78, 5) is 20.3. The van der Waals surface area contributed by atoms with Crippen molar-refractivity contribution in [2.24, 2.45) is 0 Å². The van der Waals surface area contributed by atoms with E-state index in [9.17, 15) is 4.79 Å². The highest BCUT2D eigenvalue weighted by Gasteiger charge is 2.58. The third kappa shape index (κ3) is 4.33. The van der Waals surface area contributed by atoms with Gasteiger partial charge in [0.25, 0.3) is 11.7 Å². The molecule has 0 aromatic heterocycles. The fourth-order valence-electron chi connectivity index (χ4n) is 5.08. The lowest BCUT2D eigenvalue weighted by atomic mass is 10.1. The van der Waals surface area contributed by atoms with Crippen LogP contribution in [0.5, 0.6) is 5.75 Å². The molecule has 2 atom stereocenters. The van der Waals surface area contributed by atoms with Gasteiger partial charge in [-0.2, -0.15) is 0 Å². The SMILES string of the molecule is O=C1N(CN2CCN(c3ccccc3)CC2)c2ccccc2C12OCC(COc1ccc(Cl)cc1)O2. The summed E-state index contributed by atoms with van der Waals surface area (Å²) in [5, 5.41) is 0.650. The maximum atomic E-state index is 13.8. The van der Waals surface area contributed by atoms with E-state index in [1.165, 1.54) is 5.69 Å². The van der Waals surface area contributed by atoms with Gasteiger partial charge in [-0.05, 0) is 42.5 Å². The summed E-state index contributed by atoms with van der Waals surface area (Å²) in [5.74, 6) is -0.905. The van der Waals surface area contributed by atoms with Crippen LogP contribution < -0.4 is 14.5 Å². The fraction of sp³-hybridized carbons (Fsp3) is 0.321. The second-order valence-electron chi connectivity index (χ2n) is 9.26. The Bertz CT molecular complexity index is 1220. The quantitative estimate of drug-likeness (QED) is 0.502. The maximum absolute atomic E-state index is 13.8. The second-order valence-corrected chi connectivity index (χ2v) is 9.70. The van der Waals surface area contributed by atoms with Crippen LogP contribution in [0.25, 0.3) is 0 Å². The molecule has 0 radical (unpaired) electrons. The molecule has 1 spiro atoms. The molecule has 186 valence electrons. The average Bonchev–Trinajstić information content (AvgIpc) is 3.46. The van der Waals surface area contributed by atoms with Gasteiger partial charge < -0.3 is 19.1 Å². The maximum Gasteiger partial charge on any atom is 0.293 e. The van der Waals surface area contributed by atoms with Crippen molar-refractivity contribution in [3.8, 4) is 5.75 Å². The number of para-hydroxylation sites is 2. The minimum Gasteiger partial charge on any atom is -0.491 e. The summed E-state index contributed by atoms with van der Waals surface area (Å²) >= 11 is 5.96. The number of amides is 1. The van der Waals surface area contributed by atoms with Crippen molar-refractivity contribution < 1.29 is 19.0 Å². The van der Waals surface area contributed by atoms with Gasteiger partial charge in [0, 0.05) is 42.5 Å². The zero-order valence-corrected chi connectivity index (χ0v) is 20.6. The highest BCUT2D eigenvalue weighted by molar-refractivity contribution is 6.30. The summed E-state index contributed by atoms with van der Waals surface area (Å²) in [6, 6.07) is 25.4. The van der Waals surface area contributed by atoms with Crippen LogP contribution in [0, 0.1) is 0 Å². The van der Waals surface area contributed by atoms with Crippen LogP contribution in [0.15, 0.2) is 78.9 Å². The number of hydrogen-bond donors (Lipinski definition) is 0. The van der Waals surface area contributed by atoms with Crippen LogP contribution in [0.4, 0.5) is 11.4 Å². The Morgan fingerprint density at radius 3 is 2.42 bits per heavy atom. The first-order chi connectivity index (χ1) is 17.6. The topological polar surface area (TPSA) is 54.5 Å². The Morgan fingerprint density at radius 1 is 0.917 bits per heavy atom. The first kappa shape index (κ1) is 23.3. The molecule has 0 bridgehead atoms. The van der Waals surface area contributed by atoms with Crippen molar-refractivity contribution in [3.05, 3.63) is 89.4 Å². The molecule has 3 heterocycles. The largest absolute Gasteiger partial charge is 0.491 e. The Kier molecular flexibility index (Phi) is 6.31. The first-order valence-electron chi connectivity index (χ1n) is 12.3. The number of carbonyl (C=O) groups is 1. The monoisotopic (exact) mass is 505 g/mol. The summed E-state index contributed by atoms with van der Waals surface area (Å²) in [6.07, 6.45) is -0.368. The molecule has 3 aliphatic heterocycles. The van der Waals surface area contributed by atoms with Crippen molar-refractivity contribution in [2.45, 2.75) is 11.9 Å². The number of fused-ring (bicyclic) bond motifs is 2. The zero-order valence-electron chi connectivity index (χ0n) is 19.9. The van der Waals surface area contributed by atoms with Crippen LogP contribution in [0.1, 0.15) is 5.56 Å². The lowest BCUT2D eigenvalue weighted by Crippen LogP contribution is -2.52. The molecule has 3 aliphatic rings. The van der Waals surface area contributed by atoms with Crippen LogP contribution in [-0.4, -0.2) is 63.0 Å². The number of ether oxygens (including phenoxy) is 3. The van der Waals surface area contributed by atoms with E-state index in [2.05, 4.69) is 34.1 Å². The van der Waals surface area contributed by atoms with E-state index >= 15 is 0 Å². The average molecular weight is 506 g/mol. The standard InChI is InChI=1S/C28H28ClN3O4/c29-21-10-12-23(13-11-21)34-18-24-19-35-28(36-24)25-8-4-5-9-26(25)32(27(28)33)20-30-14-16-31(17-15-30)22-6-2-1-3-7-22/h1-13,24H,14-20H2. The number of rotatable bonds is 6. The number of halogens is 1. The zero-order chi connectivity index (χ0) is 24.5. The van der Waals surface area contributed by atoms with Crippen LogP contribution in [-0.2, 0) is 20.1 Å². The highest BCUT2D eigenvalue weighted by atomic mass is 35.5. The van der Waals surface area contributed by atoms with Crippen molar-refractivity contribution in [2.75, 3.05) is 55.9 Å². The molecule has 8 heteroatoms. The van der Waals surface area contributed by atoms with Gasteiger partial charge >= 0.3 is 0 Å². The van der Waals surface area contributed by atoms with Crippen molar-refractivity contribution >= 4 is 28.9 Å². The molecular formula is C28H28ClN3O4. The number of benzene rings is 3. The molecule has 0 N–H and O–H groups in total. The third-order valence-corrected chi connectivity index (χ3v) is 7.22. The van der Waals surface area contributed by atoms with Crippen LogP contribution >= 0.6 is 11.6 Å². The molecule has 1 amide bonds. The Labute approximate surface area is 215 Å². The minimum absolute atomic E-state index is 0.178. The van der Waals surface area contributed by atoms with E-state index in [0.29, 0.717) is 17.4 Å².